The molecule has 3 aromatic rings. The van der Waals surface area contributed by atoms with E-state index < -0.39 is 0 Å². The number of benzene rings is 2. The van der Waals surface area contributed by atoms with Gasteiger partial charge in [0, 0.05) is 36.7 Å². The van der Waals surface area contributed by atoms with Crippen molar-refractivity contribution in [2.24, 2.45) is 0 Å². The number of carbonyl (C=O) groups excluding carboxylic acids is 1. The Hall–Kier alpha value is -2.96. The Bertz CT molecular complexity index is 1020. The van der Waals surface area contributed by atoms with Crippen molar-refractivity contribution >= 4 is 5.91 Å². The smallest absolute Gasteiger partial charge is 0.253 e. The van der Waals surface area contributed by atoms with Gasteiger partial charge >= 0.3 is 0 Å². The molecule has 0 saturated carbocycles. The lowest BCUT2D eigenvalue weighted by atomic mass is 10.1. The van der Waals surface area contributed by atoms with Crippen LogP contribution in [0.4, 0.5) is 4.39 Å². The number of ether oxygens (including phenoxy) is 1. The normalized spacial score (nSPS) is 15.6. The average molecular weight is 422 g/mol. The summed E-state index contributed by atoms with van der Waals surface area (Å²) in [5.74, 6) is -0.387. The van der Waals surface area contributed by atoms with Crippen molar-refractivity contribution in [2.75, 3.05) is 32.8 Å². The topological polar surface area (TPSA) is 46.5 Å². The number of rotatable bonds is 6. The van der Waals surface area contributed by atoms with Gasteiger partial charge in [-0.05, 0) is 49.7 Å². The fourth-order valence-electron chi connectivity index (χ4n) is 4.18. The molecule has 1 amide bonds. The number of nitrogens with zero attached hydrogens (tertiary/aromatic N) is 2. The van der Waals surface area contributed by atoms with Crippen LogP contribution in [0, 0.1) is 19.7 Å². The van der Waals surface area contributed by atoms with Gasteiger partial charge in [-0.3, -0.25) is 9.69 Å². The summed E-state index contributed by atoms with van der Waals surface area (Å²) in [6.45, 7) is 7.76. The van der Waals surface area contributed by atoms with E-state index in [1.54, 1.807) is 12.1 Å². The highest BCUT2D eigenvalue weighted by Crippen LogP contribution is 2.23. The number of aryl methyl sites for hydroxylation is 1. The standard InChI is InChI=1S/C25H28FN3O2/c1-18-16-23(19(2)29(18)22-10-8-21(26)9-11-22)25(30)27-24(20-6-4-3-5-7-20)17-28-12-14-31-15-13-28/h3-11,16,24H,12-15,17H2,1-2H3,(H,27,30). The maximum absolute atomic E-state index is 13.3. The van der Waals surface area contributed by atoms with Gasteiger partial charge in [-0.25, -0.2) is 4.39 Å². The van der Waals surface area contributed by atoms with Gasteiger partial charge in [0.05, 0.1) is 24.8 Å². The molecule has 2 heterocycles. The summed E-state index contributed by atoms with van der Waals surface area (Å²) in [5, 5.41) is 3.24. The number of hydrogen-bond acceptors (Lipinski definition) is 3. The van der Waals surface area contributed by atoms with Crippen LogP contribution in [0.1, 0.15) is 33.4 Å². The summed E-state index contributed by atoms with van der Waals surface area (Å²) in [4.78, 5) is 15.6. The van der Waals surface area contributed by atoms with Gasteiger partial charge in [0.2, 0.25) is 0 Å². The van der Waals surface area contributed by atoms with Crippen LogP contribution in [0.25, 0.3) is 5.69 Å². The minimum Gasteiger partial charge on any atom is -0.379 e. The van der Waals surface area contributed by atoms with Crippen molar-refractivity contribution in [3.63, 3.8) is 0 Å². The molecule has 0 aliphatic carbocycles. The third kappa shape index (κ3) is 4.86. The van der Waals surface area contributed by atoms with Crippen molar-refractivity contribution in [1.29, 1.82) is 0 Å². The van der Waals surface area contributed by atoms with Crippen LogP contribution >= 0.6 is 0 Å². The Morgan fingerprint density at radius 1 is 1.06 bits per heavy atom. The van der Waals surface area contributed by atoms with Gasteiger partial charge in [-0.1, -0.05) is 30.3 Å². The van der Waals surface area contributed by atoms with Crippen molar-refractivity contribution < 1.29 is 13.9 Å². The van der Waals surface area contributed by atoms with E-state index >= 15 is 0 Å². The molecule has 2 aromatic carbocycles. The molecule has 1 saturated heterocycles. The number of carbonyl (C=O) groups is 1. The zero-order valence-corrected chi connectivity index (χ0v) is 18.0. The SMILES string of the molecule is Cc1cc(C(=O)NC(CN2CCOCC2)c2ccccc2)c(C)n1-c1ccc(F)cc1. The molecule has 162 valence electrons. The average Bonchev–Trinajstić information content (AvgIpc) is 3.09. The minimum absolute atomic E-state index is 0.108. The number of amides is 1. The van der Waals surface area contributed by atoms with Crippen molar-refractivity contribution in [3.05, 3.63) is 89.0 Å². The van der Waals surface area contributed by atoms with Crippen LogP contribution in [0.2, 0.25) is 0 Å². The van der Waals surface area contributed by atoms with E-state index in [9.17, 15) is 9.18 Å². The van der Waals surface area contributed by atoms with E-state index in [4.69, 9.17) is 4.74 Å². The Kier molecular flexibility index (Phi) is 6.49. The van der Waals surface area contributed by atoms with E-state index in [0.29, 0.717) is 18.8 Å². The first-order valence-electron chi connectivity index (χ1n) is 10.6. The van der Waals surface area contributed by atoms with Gasteiger partial charge in [0.25, 0.3) is 5.91 Å². The van der Waals surface area contributed by atoms with Crippen LogP contribution in [0.3, 0.4) is 0 Å². The van der Waals surface area contributed by atoms with Gasteiger partial charge in [0.1, 0.15) is 5.82 Å². The Balaban J connectivity index is 1.58. The summed E-state index contributed by atoms with van der Waals surface area (Å²) in [7, 11) is 0. The Morgan fingerprint density at radius 3 is 2.42 bits per heavy atom. The van der Waals surface area contributed by atoms with Crippen LogP contribution in [-0.2, 0) is 4.74 Å². The highest BCUT2D eigenvalue weighted by molar-refractivity contribution is 5.96. The summed E-state index contributed by atoms with van der Waals surface area (Å²) in [6.07, 6.45) is 0. The number of nitrogens with one attached hydrogen (secondary N) is 1. The molecule has 1 aliphatic heterocycles. The third-order valence-electron chi connectivity index (χ3n) is 5.81. The summed E-state index contributed by atoms with van der Waals surface area (Å²) in [5.41, 5.74) is 4.31. The van der Waals surface area contributed by atoms with Crippen LogP contribution in [0.15, 0.2) is 60.7 Å². The summed E-state index contributed by atoms with van der Waals surface area (Å²) in [6, 6.07) is 18.1. The highest BCUT2D eigenvalue weighted by Gasteiger charge is 2.23. The predicted molar refractivity (Wildman–Crippen MR) is 119 cm³/mol. The lowest BCUT2D eigenvalue weighted by Crippen LogP contribution is -2.43. The second-order valence-corrected chi connectivity index (χ2v) is 7.95. The van der Waals surface area contributed by atoms with Gasteiger partial charge in [0.15, 0.2) is 0 Å². The van der Waals surface area contributed by atoms with Crippen LogP contribution in [-0.4, -0.2) is 48.2 Å². The number of morpholine rings is 1. The Labute approximate surface area is 182 Å². The molecular formula is C25H28FN3O2. The van der Waals surface area contributed by atoms with E-state index in [2.05, 4.69) is 10.2 Å². The fraction of sp³-hybridized carbons (Fsp3) is 0.320. The number of halogens is 1. The minimum atomic E-state index is -0.280. The van der Waals surface area contributed by atoms with Crippen molar-refractivity contribution in [1.82, 2.24) is 14.8 Å². The highest BCUT2D eigenvalue weighted by atomic mass is 19.1. The molecule has 0 radical (unpaired) electrons. The van der Waals surface area contributed by atoms with Crippen molar-refractivity contribution in [2.45, 2.75) is 19.9 Å². The van der Waals surface area contributed by atoms with Gasteiger partial charge in [-0.2, -0.15) is 0 Å². The molecule has 1 atom stereocenters. The van der Waals surface area contributed by atoms with Crippen LogP contribution in [0.5, 0.6) is 0 Å². The molecule has 6 heteroatoms. The first-order chi connectivity index (χ1) is 15.0. The lowest BCUT2D eigenvalue weighted by molar-refractivity contribution is 0.0332. The molecule has 1 aromatic heterocycles. The van der Waals surface area contributed by atoms with Crippen LogP contribution < -0.4 is 5.32 Å². The molecule has 5 nitrogen and oxygen atoms in total. The first kappa shape index (κ1) is 21.3. The largest absolute Gasteiger partial charge is 0.379 e. The molecule has 1 fully saturated rings. The number of aromatic nitrogens is 1. The van der Waals surface area contributed by atoms with Crippen molar-refractivity contribution in [3.8, 4) is 5.69 Å². The molecule has 31 heavy (non-hydrogen) atoms. The van der Waals surface area contributed by atoms with E-state index in [-0.39, 0.29) is 17.8 Å². The Morgan fingerprint density at radius 2 is 1.74 bits per heavy atom. The van der Waals surface area contributed by atoms with Gasteiger partial charge in [-0.15, -0.1) is 0 Å². The zero-order chi connectivity index (χ0) is 21.8. The molecule has 0 spiro atoms. The maximum Gasteiger partial charge on any atom is 0.253 e. The molecule has 1 N–H and O–H groups in total. The molecule has 0 bridgehead atoms. The van der Waals surface area contributed by atoms with Gasteiger partial charge < -0.3 is 14.6 Å². The van der Waals surface area contributed by atoms with E-state index in [1.165, 1.54) is 12.1 Å². The quantitative estimate of drug-likeness (QED) is 0.654. The number of hydrogen-bond donors (Lipinski definition) is 1. The lowest BCUT2D eigenvalue weighted by Gasteiger charge is -2.31. The molecule has 1 unspecified atom stereocenters. The monoisotopic (exact) mass is 421 g/mol. The second-order valence-electron chi connectivity index (χ2n) is 7.95. The molecular weight excluding hydrogens is 393 g/mol. The maximum atomic E-state index is 13.3. The summed E-state index contributed by atoms with van der Waals surface area (Å²) >= 11 is 0. The second kappa shape index (κ2) is 9.45. The summed E-state index contributed by atoms with van der Waals surface area (Å²) < 4.78 is 20.8. The third-order valence-corrected chi connectivity index (χ3v) is 5.81. The zero-order valence-electron chi connectivity index (χ0n) is 18.0. The molecule has 1 aliphatic rings. The van der Waals surface area contributed by atoms with E-state index in [1.807, 2.05) is 54.8 Å². The molecule has 4 rings (SSSR count). The predicted octanol–water partition coefficient (Wildman–Crippen LogP) is 4.04. The fourth-order valence-corrected chi connectivity index (χ4v) is 4.18. The first-order valence-corrected chi connectivity index (χ1v) is 10.6. The van der Waals surface area contributed by atoms with E-state index in [0.717, 1.165) is 42.3 Å².